The zero-order valence-corrected chi connectivity index (χ0v) is 8.95. The van der Waals surface area contributed by atoms with E-state index < -0.39 is 6.10 Å². The van der Waals surface area contributed by atoms with Crippen molar-refractivity contribution in [1.82, 2.24) is 9.97 Å². The van der Waals surface area contributed by atoms with Gasteiger partial charge in [0.15, 0.2) is 0 Å². The first-order valence-electron chi connectivity index (χ1n) is 5.27. The maximum absolute atomic E-state index is 10.2. The van der Waals surface area contributed by atoms with Gasteiger partial charge in [-0.3, -0.25) is 9.97 Å². The Labute approximate surface area is 97.6 Å². The number of aliphatic hydroxyl groups is 1. The lowest BCUT2D eigenvalue weighted by Gasteiger charge is -2.09. The molecule has 0 saturated heterocycles. The van der Waals surface area contributed by atoms with Crippen molar-refractivity contribution >= 4 is 11.0 Å². The molecule has 4 nitrogen and oxygen atoms in total. The zero-order valence-electron chi connectivity index (χ0n) is 8.95. The van der Waals surface area contributed by atoms with E-state index in [2.05, 4.69) is 9.97 Å². The molecule has 1 aromatic carbocycles. The molecular formula is C13H10N2O2. The summed E-state index contributed by atoms with van der Waals surface area (Å²) in [5.74, 6) is 0.503. The molecule has 84 valence electrons. The standard InChI is InChI=1S/C13H10N2O2/c16-13(11-5-2-8-17-11)9-3-1-4-10-12(9)15-7-6-14-10/h1-8,13,16H. The number of para-hydroxylation sites is 1. The summed E-state index contributed by atoms with van der Waals surface area (Å²) in [7, 11) is 0. The van der Waals surface area contributed by atoms with Crippen LogP contribution in [0.2, 0.25) is 0 Å². The van der Waals surface area contributed by atoms with Gasteiger partial charge >= 0.3 is 0 Å². The van der Waals surface area contributed by atoms with E-state index in [1.165, 1.54) is 6.26 Å². The van der Waals surface area contributed by atoms with Gasteiger partial charge in [0, 0.05) is 18.0 Å². The van der Waals surface area contributed by atoms with Crippen molar-refractivity contribution in [3.8, 4) is 0 Å². The van der Waals surface area contributed by atoms with Crippen molar-refractivity contribution in [3.63, 3.8) is 0 Å². The molecular weight excluding hydrogens is 216 g/mol. The second-order valence-corrected chi connectivity index (χ2v) is 3.69. The third-order valence-electron chi connectivity index (χ3n) is 2.64. The van der Waals surface area contributed by atoms with Crippen LogP contribution in [0, 0.1) is 0 Å². The van der Waals surface area contributed by atoms with Gasteiger partial charge in [-0.1, -0.05) is 12.1 Å². The monoisotopic (exact) mass is 226 g/mol. The van der Waals surface area contributed by atoms with Crippen LogP contribution in [0.15, 0.2) is 53.4 Å². The molecule has 3 aromatic rings. The van der Waals surface area contributed by atoms with E-state index >= 15 is 0 Å². The van der Waals surface area contributed by atoms with Gasteiger partial charge in [0.2, 0.25) is 0 Å². The van der Waals surface area contributed by atoms with Crippen LogP contribution in [0.5, 0.6) is 0 Å². The van der Waals surface area contributed by atoms with Gasteiger partial charge in [0.25, 0.3) is 0 Å². The average molecular weight is 226 g/mol. The minimum absolute atomic E-state index is 0.503. The summed E-state index contributed by atoms with van der Waals surface area (Å²) in [5, 5.41) is 10.2. The molecule has 0 fully saturated rings. The fraction of sp³-hybridized carbons (Fsp3) is 0.0769. The summed E-state index contributed by atoms with van der Waals surface area (Å²) >= 11 is 0. The Kier molecular flexibility index (Phi) is 2.34. The number of rotatable bonds is 2. The van der Waals surface area contributed by atoms with Gasteiger partial charge in [0.05, 0.1) is 17.3 Å². The highest BCUT2D eigenvalue weighted by atomic mass is 16.4. The topological polar surface area (TPSA) is 59.2 Å². The minimum atomic E-state index is -0.814. The normalized spacial score (nSPS) is 12.8. The van der Waals surface area contributed by atoms with E-state index in [4.69, 9.17) is 4.42 Å². The first-order chi connectivity index (χ1) is 8.36. The molecule has 0 aliphatic heterocycles. The van der Waals surface area contributed by atoms with Crippen molar-refractivity contribution in [3.05, 3.63) is 60.3 Å². The molecule has 0 radical (unpaired) electrons. The third kappa shape index (κ3) is 1.68. The smallest absolute Gasteiger partial charge is 0.139 e. The second kappa shape index (κ2) is 3.99. The minimum Gasteiger partial charge on any atom is -0.466 e. The van der Waals surface area contributed by atoms with Crippen molar-refractivity contribution in [2.45, 2.75) is 6.10 Å². The largest absolute Gasteiger partial charge is 0.466 e. The maximum atomic E-state index is 10.2. The second-order valence-electron chi connectivity index (χ2n) is 3.69. The van der Waals surface area contributed by atoms with Crippen LogP contribution >= 0.6 is 0 Å². The summed E-state index contributed by atoms with van der Waals surface area (Å²) in [4.78, 5) is 8.45. The number of aromatic nitrogens is 2. The van der Waals surface area contributed by atoms with Crippen LogP contribution in [0.3, 0.4) is 0 Å². The number of fused-ring (bicyclic) bond motifs is 1. The lowest BCUT2D eigenvalue weighted by atomic mass is 10.1. The van der Waals surface area contributed by atoms with Gasteiger partial charge in [-0.15, -0.1) is 0 Å². The molecule has 17 heavy (non-hydrogen) atoms. The van der Waals surface area contributed by atoms with E-state index in [0.717, 1.165) is 5.52 Å². The highest BCUT2D eigenvalue weighted by Gasteiger charge is 2.16. The molecule has 0 spiro atoms. The molecule has 0 aliphatic rings. The van der Waals surface area contributed by atoms with Crippen LogP contribution in [-0.2, 0) is 0 Å². The zero-order chi connectivity index (χ0) is 11.7. The lowest BCUT2D eigenvalue weighted by Crippen LogP contribution is -2.00. The number of furan rings is 1. The number of aliphatic hydroxyl groups excluding tert-OH is 1. The van der Waals surface area contributed by atoms with E-state index in [1.807, 2.05) is 18.2 Å². The summed E-state index contributed by atoms with van der Waals surface area (Å²) in [6.07, 6.45) is 3.96. The Morgan fingerprint density at radius 2 is 1.94 bits per heavy atom. The van der Waals surface area contributed by atoms with E-state index in [-0.39, 0.29) is 0 Å². The highest BCUT2D eigenvalue weighted by molar-refractivity contribution is 5.78. The molecule has 0 bridgehead atoms. The SMILES string of the molecule is OC(c1ccco1)c1cccc2nccnc12. The van der Waals surface area contributed by atoms with Crippen molar-refractivity contribution < 1.29 is 9.52 Å². The molecule has 0 aliphatic carbocycles. The maximum Gasteiger partial charge on any atom is 0.139 e. The Hall–Kier alpha value is -2.20. The van der Waals surface area contributed by atoms with E-state index in [1.54, 1.807) is 24.5 Å². The fourth-order valence-electron chi connectivity index (χ4n) is 1.84. The third-order valence-corrected chi connectivity index (χ3v) is 2.64. The molecule has 1 unspecified atom stereocenters. The Balaban J connectivity index is 2.17. The summed E-state index contributed by atoms with van der Waals surface area (Å²) < 4.78 is 5.20. The fourth-order valence-corrected chi connectivity index (χ4v) is 1.84. The number of nitrogens with zero attached hydrogens (tertiary/aromatic N) is 2. The molecule has 0 saturated carbocycles. The lowest BCUT2D eigenvalue weighted by molar-refractivity contribution is 0.190. The molecule has 1 N–H and O–H groups in total. The van der Waals surface area contributed by atoms with Crippen molar-refractivity contribution in [2.24, 2.45) is 0 Å². The van der Waals surface area contributed by atoms with Crippen LogP contribution in [-0.4, -0.2) is 15.1 Å². The molecule has 3 rings (SSSR count). The Bertz CT molecular complexity index is 629. The molecule has 2 heterocycles. The van der Waals surface area contributed by atoms with Crippen LogP contribution in [0.4, 0.5) is 0 Å². The molecule has 0 amide bonds. The molecule has 4 heteroatoms. The van der Waals surface area contributed by atoms with Gasteiger partial charge in [0.1, 0.15) is 11.9 Å². The summed E-state index contributed by atoms with van der Waals surface area (Å²) in [6.45, 7) is 0. The number of benzene rings is 1. The quantitative estimate of drug-likeness (QED) is 0.728. The summed E-state index contributed by atoms with van der Waals surface area (Å²) in [6, 6.07) is 9.01. The highest BCUT2D eigenvalue weighted by Crippen LogP contribution is 2.26. The van der Waals surface area contributed by atoms with Crippen molar-refractivity contribution in [2.75, 3.05) is 0 Å². The van der Waals surface area contributed by atoms with Gasteiger partial charge < -0.3 is 9.52 Å². The Morgan fingerprint density at radius 1 is 1.06 bits per heavy atom. The number of hydrogen-bond donors (Lipinski definition) is 1. The Morgan fingerprint density at radius 3 is 2.76 bits per heavy atom. The van der Waals surface area contributed by atoms with E-state index in [9.17, 15) is 5.11 Å². The van der Waals surface area contributed by atoms with Crippen LogP contribution in [0.1, 0.15) is 17.4 Å². The first-order valence-corrected chi connectivity index (χ1v) is 5.27. The van der Waals surface area contributed by atoms with Gasteiger partial charge in [-0.2, -0.15) is 0 Å². The van der Waals surface area contributed by atoms with Crippen molar-refractivity contribution in [1.29, 1.82) is 0 Å². The predicted molar refractivity (Wildman–Crippen MR) is 62.3 cm³/mol. The van der Waals surface area contributed by atoms with Crippen LogP contribution < -0.4 is 0 Å². The molecule has 2 aromatic heterocycles. The van der Waals surface area contributed by atoms with E-state index in [0.29, 0.717) is 16.8 Å². The number of hydrogen-bond acceptors (Lipinski definition) is 4. The molecule has 1 atom stereocenters. The average Bonchev–Trinajstić information content (AvgIpc) is 2.91. The van der Waals surface area contributed by atoms with Gasteiger partial charge in [-0.05, 0) is 18.2 Å². The first kappa shape index (κ1) is 9.99. The van der Waals surface area contributed by atoms with Gasteiger partial charge in [-0.25, -0.2) is 0 Å². The van der Waals surface area contributed by atoms with Crippen LogP contribution in [0.25, 0.3) is 11.0 Å². The summed E-state index contributed by atoms with van der Waals surface area (Å²) in [5.41, 5.74) is 2.15. The predicted octanol–water partition coefficient (Wildman–Crippen LogP) is 2.30.